The molecule has 1 atom stereocenters. The van der Waals surface area contributed by atoms with Crippen LogP contribution in [0.2, 0.25) is 0 Å². The van der Waals surface area contributed by atoms with Gasteiger partial charge < -0.3 is 10.0 Å². The fourth-order valence-corrected chi connectivity index (χ4v) is 3.74. The van der Waals surface area contributed by atoms with E-state index in [4.69, 9.17) is 0 Å². The molecule has 0 bridgehead atoms. The van der Waals surface area contributed by atoms with E-state index in [1.165, 1.54) is 11.9 Å². The quantitative estimate of drug-likeness (QED) is 0.610. The number of rotatable bonds is 3. The number of likely N-dealkylation sites (tertiary alicyclic amines) is 1. The van der Waals surface area contributed by atoms with Crippen LogP contribution in [-0.4, -0.2) is 36.2 Å². The van der Waals surface area contributed by atoms with Crippen LogP contribution in [0, 0.1) is 5.82 Å². The summed E-state index contributed by atoms with van der Waals surface area (Å²) in [6.45, 7) is 3.57. The molecule has 1 aromatic rings. The van der Waals surface area contributed by atoms with Crippen molar-refractivity contribution in [2.45, 2.75) is 32.0 Å². The summed E-state index contributed by atoms with van der Waals surface area (Å²) in [5.41, 5.74) is 0.103. The second-order valence-corrected chi connectivity index (χ2v) is 7.18. The second-order valence-electron chi connectivity index (χ2n) is 6.39. The van der Waals surface area contributed by atoms with E-state index in [0.29, 0.717) is 35.2 Å². The zero-order chi connectivity index (χ0) is 18.9. The molecule has 142 valence electrons. The van der Waals surface area contributed by atoms with Gasteiger partial charge in [0.1, 0.15) is 5.82 Å². The van der Waals surface area contributed by atoms with E-state index < -0.39 is 17.6 Å². The minimum Gasteiger partial charge on any atom is -0.366 e. The van der Waals surface area contributed by atoms with Gasteiger partial charge in [0.2, 0.25) is 0 Å². The fraction of sp³-hybridized carbons (Fsp3) is 0.471. The highest BCUT2D eigenvalue weighted by molar-refractivity contribution is 8.12. The lowest BCUT2D eigenvalue weighted by molar-refractivity contribution is -0.137. The molecule has 3 rings (SSSR count). The molecule has 9 heteroatoms. The van der Waals surface area contributed by atoms with E-state index in [-0.39, 0.29) is 5.56 Å². The van der Waals surface area contributed by atoms with Gasteiger partial charge in [-0.25, -0.2) is 9.38 Å². The molecule has 2 heterocycles. The molecular formula is C17H20F4N4S. The molecule has 0 saturated carbocycles. The first-order chi connectivity index (χ1) is 12.3. The topological polar surface area (TPSA) is 39.7 Å². The second kappa shape index (κ2) is 7.48. The molecule has 1 fully saturated rings. The van der Waals surface area contributed by atoms with Crippen LogP contribution in [-0.2, 0) is 6.18 Å². The monoisotopic (exact) mass is 388 g/mol. The van der Waals surface area contributed by atoms with E-state index in [1.807, 2.05) is 0 Å². The number of nitrogens with zero attached hydrogens (tertiary/aromatic N) is 2. The summed E-state index contributed by atoms with van der Waals surface area (Å²) in [4.78, 5) is 6.65. The van der Waals surface area contributed by atoms with Crippen molar-refractivity contribution in [1.29, 1.82) is 0 Å². The highest BCUT2D eigenvalue weighted by Crippen LogP contribution is 2.34. The lowest BCUT2D eigenvalue weighted by atomic mass is 10.1. The molecule has 2 N–H and O–H groups in total. The van der Waals surface area contributed by atoms with Crippen LogP contribution in [0.5, 0.6) is 0 Å². The molecule has 1 aromatic carbocycles. The standard InChI is InChI=1S/C17H20F4N4S/c1-10-4-3-5-25(10)9-14-15(23-16(22-2)26-24-14)11-6-12(17(19,20)21)8-13(18)7-11/h6-8,10,24H,3-5,9H2,1-2H3,(H,22,23). The average molecular weight is 388 g/mol. The molecule has 2 aliphatic heterocycles. The lowest BCUT2D eigenvalue weighted by Crippen LogP contribution is -2.34. The van der Waals surface area contributed by atoms with Gasteiger partial charge in [-0.05, 0) is 44.5 Å². The van der Waals surface area contributed by atoms with Crippen molar-refractivity contribution >= 4 is 22.8 Å². The number of amidine groups is 1. The smallest absolute Gasteiger partial charge is 0.366 e. The van der Waals surface area contributed by atoms with Crippen LogP contribution < -0.4 is 10.0 Å². The molecule has 0 amide bonds. The van der Waals surface area contributed by atoms with Gasteiger partial charge in [-0.3, -0.25) is 4.90 Å². The molecule has 1 unspecified atom stereocenters. The van der Waals surface area contributed by atoms with Crippen LogP contribution in [0.1, 0.15) is 30.9 Å². The fourth-order valence-electron chi connectivity index (χ4n) is 3.12. The number of hydrogen-bond donors (Lipinski definition) is 2. The Morgan fingerprint density at radius 2 is 2.12 bits per heavy atom. The largest absolute Gasteiger partial charge is 0.416 e. The molecule has 0 aliphatic carbocycles. The van der Waals surface area contributed by atoms with E-state index in [0.717, 1.165) is 31.5 Å². The van der Waals surface area contributed by atoms with Crippen molar-refractivity contribution in [1.82, 2.24) is 14.9 Å². The highest BCUT2D eigenvalue weighted by atomic mass is 32.2. The van der Waals surface area contributed by atoms with E-state index in [1.54, 1.807) is 7.05 Å². The normalized spacial score (nSPS) is 21.6. The molecule has 0 spiro atoms. The number of aliphatic imine (C=N–C) groups is 1. The van der Waals surface area contributed by atoms with Crippen molar-refractivity contribution < 1.29 is 17.6 Å². The molecule has 0 radical (unpaired) electrons. The van der Waals surface area contributed by atoms with Crippen molar-refractivity contribution in [3.05, 3.63) is 40.8 Å². The minimum atomic E-state index is -4.62. The third kappa shape index (κ3) is 4.15. The Morgan fingerprint density at radius 1 is 1.35 bits per heavy atom. The maximum absolute atomic E-state index is 13.9. The first-order valence-corrected chi connectivity index (χ1v) is 9.14. The SMILES string of the molecule is CNC1=NC(c2cc(F)cc(C(F)(F)F)c2)=C(CN2CCCC2C)NS1. The lowest BCUT2D eigenvalue weighted by Gasteiger charge is -2.27. The Hall–Kier alpha value is -1.74. The maximum atomic E-state index is 13.9. The summed E-state index contributed by atoms with van der Waals surface area (Å²) in [5, 5.41) is 3.38. The summed E-state index contributed by atoms with van der Waals surface area (Å²) in [6.07, 6.45) is -2.45. The molecular weight excluding hydrogens is 368 g/mol. The summed E-state index contributed by atoms with van der Waals surface area (Å²) in [5.74, 6) is -0.935. The van der Waals surface area contributed by atoms with E-state index in [9.17, 15) is 17.6 Å². The number of halogens is 4. The Morgan fingerprint density at radius 3 is 2.73 bits per heavy atom. The van der Waals surface area contributed by atoms with Crippen LogP contribution >= 0.6 is 11.9 Å². The van der Waals surface area contributed by atoms with Gasteiger partial charge in [-0.15, -0.1) is 0 Å². The van der Waals surface area contributed by atoms with Crippen molar-refractivity contribution in [3.63, 3.8) is 0 Å². The Labute approximate surface area is 153 Å². The van der Waals surface area contributed by atoms with Gasteiger partial charge in [0.05, 0.1) is 17.0 Å². The van der Waals surface area contributed by atoms with Crippen molar-refractivity contribution in [2.75, 3.05) is 20.1 Å². The Kier molecular flexibility index (Phi) is 5.47. The molecule has 1 saturated heterocycles. The third-order valence-corrected chi connectivity index (χ3v) is 5.37. The van der Waals surface area contributed by atoms with Gasteiger partial charge in [-0.1, -0.05) is 0 Å². The van der Waals surface area contributed by atoms with E-state index in [2.05, 4.69) is 26.9 Å². The van der Waals surface area contributed by atoms with Gasteiger partial charge in [0.25, 0.3) is 0 Å². The van der Waals surface area contributed by atoms with Gasteiger partial charge in [0.15, 0.2) is 5.17 Å². The number of hydrogen-bond acceptors (Lipinski definition) is 5. The molecule has 26 heavy (non-hydrogen) atoms. The predicted octanol–water partition coefficient (Wildman–Crippen LogP) is 3.82. The zero-order valence-electron chi connectivity index (χ0n) is 14.5. The zero-order valence-corrected chi connectivity index (χ0v) is 15.3. The van der Waals surface area contributed by atoms with Gasteiger partial charge in [0, 0.05) is 37.1 Å². The van der Waals surface area contributed by atoms with Crippen LogP contribution in [0.4, 0.5) is 17.6 Å². The highest BCUT2D eigenvalue weighted by Gasteiger charge is 2.32. The number of alkyl halides is 3. The number of benzene rings is 1. The molecule has 4 nitrogen and oxygen atoms in total. The Balaban J connectivity index is 2.04. The van der Waals surface area contributed by atoms with Crippen molar-refractivity contribution in [3.8, 4) is 0 Å². The summed E-state index contributed by atoms with van der Waals surface area (Å²) < 4.78 is 56.2. The van der Waals surface area contributed by atoms with Crippen LogP contribution in [0.3, 0.4) is 0 Å². The third-order valence-electron chi connectivity index (χ3n) is 4.53. The number of nitrogens with one attached hydrogen (secondary N) is 2. The van der Waals surface area contributed by atoms with E-state index >= 15 is 0 Å². The summed E-state index contributed by atoms with van der Waals surface area (Å²) in [7, 11) is 1.67. The average Bonchev–Trinajstić information content (AvgIpc) is 2.99. The Bertz CT molecular complexity index is 745. The van der Waals surface area contributed by atoms with Crippen molar-refractivity contribution in [2.24, 2.45) is 4.99 Å². The van der Waals surface area contributed by atoms with Gasteiger partial charge >= 0.3 is 6.18 Å². The van der Waals surface area contributed by atoms with Gasteiger partial charge in [-0.2, -0.15) is 13.2 Å². The van der Waals surface area contributed by atoms with Crippen LogP contribution in [0.25, 0.3) is 5.70 Å². The minimum absolute atomic E-state index is 0.111. The first-order valence-electron chi connectivity index (χ1n) is 8.32. The summed E-state index contributed by atoms with van der Waals surface area (Å²) in [6, 6.07) is 2.93. The summed E-state index contributed by atoms with van der Waals surface area (Å²) >= 11 is 1.26. The molecule has 0 aromatic heterocycles. The maximum Gasteiger partial charge on any atom is 0.416 e. The first kappa shape index (κ1) is 19.0. The molecule has 2 aliphatic rings. The van der Waals surface area contributed by atoms with Crippen LogP contribution in [0.15, 0.2) is 28.9 Å². The predicted molar refractivity (Wildman–Crippen MR) is 95.8 cm³/mol.